The van der Waals surface area contributed by atoms with Gasteiger partial charge in [-0.05, 0) is 46.1 Å². The number of aliphatic hydroxyl groups excluding tert-OH is 1. The van der Waals surface area contributed by atoms with E-state index in [-0.39, 0.29) is 24.6 Å². The Bertz CT molecular complexity index is 231. The molecule has 1 saturated heterocycles. The second-order valence-electron chi connectivity index (χ2n) is 5.03. The van der Waals surface area contributed by atoms with E-state index >= 15 is 0 Å². The number of carbonyl (C=O) groups is 1. The molecule has 4 nitrogen and oxygen atoms in total. The minimum Gasteiger partial charge on any atom is -0.396 e. The summed E-state index contributed by atoms with van der Waals surface area (Å²) in [5, 5.41) is 12.1. The second kappa shape index (κ2) is 6.21. The monoisotopic (exact) mass is 228 g/mol. The molecule has 2 unspecified atom stereocenters. The molecule has 1 aliphatic heterocycles. The van der Waals surface area contributed by atoms with E-state index in [0.717, 1.165) is 25.9 Å². The Hall–Kier alpha value is -0.610. The minimum atomic E-state index is -0.0863. The molecule has 4 heteroatoms. The van der Waals surface area contributed by atoms with Crippen molar-refractivity contribution >= 4 is 5.91 Å². The molecule has 2 atom stereocenters. The molecule has 0 aromatic carbocycles. The molecule has 1 aliphatic rings. The zero-order valence-corrected chi connectivity index (χ0v) is 10.6. The summed E-state index contributed by atoms with van der Waals surface area (Å²) in [7, 11) is 0. The fourth-order valence-electron chi connectivity index (χ4n) is 2.17. The number of amides is 1. The van der Waals surface area contributed by atoms with Gasteiger partial charge in [-0.15, -0.1) is 0 Å². The van der Waals surface area contributed by atoms with Gasteiger partial charge in [0.05, 0.1) is 6.04 Å². The van der Waals surface area contributed by atoms with Crippen molar-refractivity contribution in [2.24, 2.45) is 5.92 Å². The van der Waals surface area contributed by atoms with Crippen LogP contribution in [0.3, 0.4) is 0 Å². The maximum atomic E-state index is 11.8. The molecule has 0 radical (unpaired) electrons. The predicted octanol–water partition coefficient (Wildman–Crippen LogP) is 0.604. The van der Waals surface area contributed by atoms with Crippen LogP contribution in [-0.2, 0) is 4.79 Å². The van der Waals surface area contributed by atoms with Crippen LogP contribution in [0.2, 0.25) is 0 Å². The van der Waals surface area contributed by atoms with Gasteiger partial charge in [-0.3, -0.25) is 9.69 Å². The van der Waals surface area contributed by atoms with Crippen molar-refractivity contribution in [3.63, 3.8) is 0 Å². The molecule has 0 saturated carbocycles. The Morgan fingerprint density at radius 3 is 2.75 bits per heavy atom. The molecule has 16 heavy (non-hydrogen) atoms. The first-order valence-corrected chi connectivity index (χ1v) is 6.20. The Morgan fingerprint density at radius 1 is 1.50 bits per heavy atom. The van der Waals surface area contributed by atoms with E-state index in [1.165, 1.54) is 0 Å². The topological polar surface area (TPSA) is 52.6 Å². The number of nitrogens with zero attached hydrogens (tertiary/aromatic N) is 1. The van der Waals surface area contributed by atoms with E-state index in [0.29, 0.717) is 5.92 Å². The van der Waals surface area contributed by atoms with E-state index in [2.05, 4.69) is 10.2 Å². The Morgan fingerprint density at radius 2 is 2.19 bits per heavy atom. The van der Waals surface area contributed by atoms with Crippen molar-refractivity contribution in [1.29, 1.82) is 0 Å². The molecule has 0 spiro atoms. The molecule has 2 N–H and O–H groups in total. The molecule has 0 aromatic rings. The molecule has 1 rings (SSSR count). The first kappa shape index (κ1) is 13.5. The van der Waals surface area contributed by atoms with E-state index in [1.54, 1.807) is 0 Å². The fraction of sp³-hybridized carbons (Fsp3) is 0.917. The first-order chi connectivity index (χ1) is 7.54. The maximum absolute atomic E-state index is 11.8. The molecular formula is C12H24N2O2. The minimum absolute atomic E-state index is 0.0863. The highest BCUT2D eigenvalue weighted by molar-refractivity contribution is 5.81. The van der Waals surface area contributed by atoms with Gasteiger partial charge in [-0.1, -0.05) is 0 Å². The summed E-state index contributed by atoms with van der Waals surface area (Å²) in [6, 6.07) is 0.102. The number of hydrogen-bond donors (Lipinski definition) is 2. The van der Waals surface area contributed by atoms with Gasteiger partial charge in [0.2, 0.25) is 5.91 Å². The van der Waals surface area contributed by atoms with Crippen LogP contribution in [-0.4, -0.2) is 47.7 Å². The third kappa shape index (κ3) is 3.76. The van der Waals surface area contributed by atoms with Crippen molar-refractivity contribution in [3.05, 3.63) is 0 Å². The quantitative estimate of drug-likeness (QED) is 0.741. The molecule has 0 bridgehead atoms. The predicted molar refractivity (Wildman–Crippen MR) is 64.1 cm³/mol. The molecule has 0 aromatic heterocycles. The number of likely N-dealkylation sites (tertiary alicyclic amines) is 1. The number of hydrogen-bond acceptors (Lipinski definition) is 3. The Labute approximate surface area is 98.0 Å². The second-order valence-corrected chi connectivity index (χ2v) is 5.03. The molecule has 0 aliphatic carbocycles. The third-order valence-corrected chi connectivity index (χ3v) is 3.17. The number of nitrogens with one attached hydrogen (secondary N) is 1. The summed E-state index contributed by atoms with van der Waals surface area (Å²) in [5.74, 6) is 0.427. The van der Waals surface area contributed by atoms with Gasteiger partial charge in [0.25, 0.3) is 0 Å². The van der Waals surface area contributed by atoms with Crippen molar-refractivity contribution in [2.75, 3.05) is 19.7 Å². The number of aliphatic hydroxyl groups is 1. The van der Waals surface area contributed by atoms with Crippen LogP contribution >= 0.6 is 0 Å². The summed E-state index contributed by atoms with van der Waals surface area (Å²) in [5.41, 5.74) is 0. The van der Waals surface area contributed by atoms with Crippen LogP contribution < -0.4 is 5.32 Å². The Kier molecular flexibility index (Phi) is 5.22. The van der Waals surface area contributed by atoms with Crippen molar-refractivity contribution < 1.29 is 9.90 Å². The molecule has 94 valence electrons. The number of piperidine rings is 1. The van der Waals surface area contributed by atoms with Crippen molar-refractivity contribution in [2.45, 2.75) is 45.7 Å². The van der Waals surface area contributed by atoms with Crippen LogP contribution in [0.15, 0.2) is 0 Å². The van der Waals surface area contributed by atoms with Gasteiger partial charge in [0.15, 0.2) is 0 Å². The van der Waals surface area contributed by atoms with Gasteiger partial charge in [-0.2, -0.15) is 0 Å². The van der Waals surface area contributed by atoms with Gasteiger partial charge in [0.1, 0.15) is 0 Å². The molecular weight excluding hydrogens is 204 g/mol. The van der Waals surface area contributed by atoms with E-state index in [1.807, 2.05) is 20.8 Å². The Balaban J connectivity index is 2.46. The summed E-state index contributed by atoms with van der Waals surface area (Å²) in [6.45, 7) is 7.91. The average Bonchev–Trinajstić information content (AvgIpc) is 2.27. The van der Waals surface area contributed by atoms with E-state index in [4.69, 9.17) is 5.11 Å². The lowest BCUT2D eigenvalue weighted by atomic mass is 9.97. The fourth-order valence-corrected chi connectivity index (χ4v) is 2.17. The molecule has 1 fully saturated rings. The van der Waals surface area contributed by atoms with Crippen LogP contribution in [0.25, 0.3) is 0 Å². The summed E-state index contributed by atoms with van der Waals surface area (Å²) in [4.78, 5) is 14.0. The van der Waals surface area contributed by atoms with Crippen LogP contribution in [0.1, 0.15) is 33.6 Å². The van der Waals surface area contributed by atoms with Crippen LogP contribution in [0, 0.1) is 5.92 Å². The van der Waals surface area contributed by atoms with E-state index < -0.39 is 0 Å². The highest BCUT2D eigenvalue weighted by Crippen LogP contribution is 2.17. The SMILES string of the molecule is CC(C)NC(=O)C(C)N1CCCC(CO)C1. The lowest BCUT2D eigenvalue weighted by molar-refractivity contribution is -0.127. The maximum Gasteiger partial charge on any atom is 0.237 e. The standard InChI is InChI=1S/C12H24N2O2/c1-9(2)13-12(16)10(3)14-6-4-5-11(7-14)8-15/h9-11,15H,4-8H2,1-3H3,(H,13,16). The summed E-state index contributed by atoms with van der Waals surface area (Å²) < 4.78 is 0. The van der Waals surface area contributed by atoms with Crippen molar-refractivity contribution in [1.82, 2.24) is 10.2 Å². The molecule has 1 amide bonds. The lowest BCUT2D eigenvalue weighted by Crippen LogP contribution is -2.50. The van der Waals surface area contributed by atoms with Gasteiger partial charge in [0, 0.05) is 19.2 Å². The zero-order valence-electron chi connectivity index (χ0n) is 10.6. The van der Waals surface area contributed by atoms with Crippen molar-refractivity contribution in [3.8, 4) is 0 Å². The van der Waals surface area contributed by atoms with Gasteiger partial charge in [-0.25, -0.2) is 0 Å². The number of rotatable bonds is 4. The highest BCUT2D eigenvalue weighted by atomic mass is 16.3. The van der Waals surface area contributed by atoms with Crippen LogP contribution in [0.5, 0.6) is 0 Å². The average molecular weight is 228 g/mol. The van der Waals surface area contributed by atoms with E-state index in [9.17, 15) is 4.79 Å². The highest BCUT2D eigenvalue weighted by Gasteiger charge is 2.26. The van der Waals surface area contributed by atoms with Gasteiger partial charge < -0.3 is 10.4 Å². The number of carbonyl (C=O) groups excluding carboxylic acids is 1. The molecule has 1 heterocycles. The first-order valence-electron chi connectivity index (χ1n) is 6.20. The summed E-state index contributed by atoms with van der Waals surface area (Å²) in [6.07, 6.45) is 2.15. The lowest BCUT2D eigenvalue weighted by Gasteiger charge is -2.35. The smallest absolute Gasteiger partial charge is 0.237 e. The summed E-state index contributed by atoms with van der Waals surface area (Å²) >= 11 is 0. The normalized spacial score (nSPS) is 24.4. The van der Waals surface area contributed by atoms with Crippen LogP contribution in [0.4, 0.5) is 0 Å². The van der Waals surface area contributed by atoms with Gasteiger partial charge >= 0.3 is 0 Å². The zero-order chi connectivity index (χ0) is 12.1. The third-order valence-electron chi connectivity index (χ3n) is 3.17. The largest absolute Gasteiger partial charge is 0.396 e.